The van der Waals surface area contributed by atoms with Gasteiger partial charge in [0.15, 0.2) is 0 Å². The van der Waals surface area contributed by atoms with Crippen molar-refractivity contribution in [2.45, 2.75) is 77.9 Å². The SMILES string of the molecule is CC(C)CC1NC(C2CCCC2)N(CC(C)C2CC2)C1=O. The molecule has 3 nitrogen and oxygen atoms in total. The standard InChI is InChI=1S/C18H32N2O/c1-12(2)10-16-18(21)20(11-13(3)14-8-9-14)17(19-16)15-6-4-5-7-15/h12-17,19H,4-11H2,1-3H3. The molecule has 0 aromatic heterocycles. The molecule has 3 aliphatic rings. The van der Waals surface area contributed by atoms with Crippen LogP contribution in [0.5, 0.6) is 0 Å². The number of hydrogen-bond donors (Lipinski definition) is 1. The molecule has 2 saturated carbocycles. The van der Waals surface area contributed by atoms with Crippen molar-refractivity contribution in [2.75, 3.05) is 6.54 Å². The minimum absolute atomic E-state index is 0.0713. The Bertz CT molecular complexity index is 371. The molecule has 1 amide bonds. The van der Waals surface area contributed by atoms with Gasteiger partial charge in [0.05, 0.1) is 12.2 Å². The Hall–Kier alpha value is -0.570. The molecule has 3 fully saturated rings. The van der Waals surface area contributed by atoms with Crippen LogP contribution in [0.25, 0.3) is 0 Å². The van der Waals surface area contributed by atoms with Gasteiger partial charge in [-0.15, -0.1) is 0 Å². The van der Waals surface area contributed by atoms with Gasteiger partial charge in [-0.25, -0.2) is 0 Å². The summed E-state index contributed by atoms with van der Waals surface area (Å²) in [6.07, 6.45) is 9.35. The number of hydrogen-bond acceptors (Lipinski definition) is 2. The third-order valence-electron chi connectivity index (χ3n) is 5.75. The third-order valence-corrected chi connectivity index (χ3v) is 5.75. The maximum Gasteiger partial charge on any atom is 0.241 e. The van der Waals surface area contributed by atoms with E-state index in [2.05, 4.69) is 31.0 Å². The quantitative estimate of drug-likeness (QED) is 0.814. The lowest BCUT2D eigenvalue weighted by Crippen LogP contribution is -2.44. The highest BCUT2D eigenvalue weighted by Crippen LogP contribution is 2.39. The van der Waals surface area contributed by atoms with Crippen LogP contribution in [0.2, 0.25) is 0 Å². The maximum atomic E-state index is 12.9. The third kappa shape index (κ3) is 3.44. The van der Waals surface area contributed by atoms with E-state index < -0.39 is 0 Å². The molecule has 1 N–H and O–H groups in total. The van der Waals surface area contributed by atoms with Gasteiger partial charge in [0.1, 0.15) is 0 Å². The van der Waals surface area contributed by atoms with Gasteiger partial charge in [0.2, 0.25) is 5.91 Å². The van der Waals surface area contributed by atoms with Crippen LogP contribution < -0.4 is 5.32 Å². The molecule has 0 bridgehead atoms. The van der Waals surface area contributed by atoms with Crippen molar-refractivity contribution in [2.24, 2.45) is 23.7 Å². The molecular formula is C18H32N2O. The smallest absolute Gasteiger partial charge is 0.241 e. The van der Waals surface area contributed by atoms with E-state index in [0.29, 0.717) is 29.8 Å². The number of carbonyl (C=O) groups excluding carboxylic acids is 1. The topological polar surface area (TPSA) is 32.3 Å². The van der Waals surface area contributed by atoms with E-state index in [4.69, 9.17) is 0 Å². The van der Waals surface area contributed by atoms with Crippen LogP contribution >= 0.6 is 0 Å². The molecule has 3 rings (SSSR count). The molecule has 21 heavy (non-hydrogen) atoms. The van der Waals surface area contributed by atoms with Gasteiger partial charge >= 0.3 is 0 Å². The highest BCUT2D eigenvalue weighted by molar-refractivity contribution is 5.84. The lowest BCUT2D eigenvalue weighted by atomic mass is 10.0. The first-order valence-corrected chi connectivity index (χ1v) is 9.12. The zero-order chi connectivity index (χ0) is 15.0. The molecule has 0 aromatic rings. The molecule has 3 unspecified atom stereocenters. The van der Waals surface area contributed by atoms with E-state index in [0.717, 1.165) is 18.9 Å². The van der Waals surface area contributed by atoms with Gasteiger partial charge in [-0.05, 0) is 55.8 Å². The molecule has 0 radical (unpaired) electrons. The summed E-state index contributed by atoms with van der Waals surface area (Å²) in [4.78, 5) is 15.1. The highest BCUT2D eigenvalue weighted by atomic mass is 16.2. The van der Waals surface area contributed by atoms with Crippen molar-refractivity contribution in [3.05, 3.63) is 0 Å². The predicted molar refractivity (Wildman–Crippen MR) is 85.7 cm³/mol. The van der Waals surface area contributed by atoms with Crippen LogP contribution in [0.1, 0.15) is 65.7 Å². The van der Waals surface area contributed by atoms with Crippen molar-refractivity contribution in [3.63, 3.8) is 0 Å². The van der Waals surface area contributed by atoms with E-state index in [-0.39, 0.29) is 6.04 Å². The monoisotopic (exact) mass is 292 g/mol. The van der Waals surface area contributed by atoms with Gasteiger partial charge in [-0.2, -0.15) is 0 Å². The molecule has 1 aliphatic heterocycles. The molecule has 1 saturated heterocycles. The van der Waals surface area contributed by atoms with Crippen LogP contribution in [-0.4, -0.2) is 29.6 Å². The second kappa shape index (κ2) is 6.28. The largest absolute Gasteiger partial charge is 0.325 e. The Kier molecular flexibility index (Phi) is 4.58. The fourth-order valence-electron chi connectivity index (χ4n) is 4.34. The zero-order valence-corrected chi connectivity index (χ0v) is 14.0. The lowest BCUT2D eigenvalue weighted by molar-refractivity contribution is -0.131. The highest BCUT2D eigenvalue weighted by Gasteiger charge is 2.44. The fourth-order valence-corrected chi connectivity index (χ4v) is 4.34. The van der Waals surface area contributed by atoms with Crippen molar-refractivity contribution >= 4 is 5.91 Å². The second-order valence-electron chi connectivity index (χ2n) is 8.14. The number of amides is 1. The first kappa shape index (κ1) is 15.3. The van der Waals surface area contributed by atoms with Gasteiger partial charge < -0.3 is 4.90 Å². The Morgan fingerprint density at radius 3 is 2.38 bits per heavy atom. The Morgan fingerprint density at radius 2 is 1.81 bits per heavy atom. The van der Waals surface area contributed by atoms with Crippen LogP contribution in [0, 0.1) is 23.7 Å². The molecule has 0 spiro atoms. The van der Waals surface area contributed by atoms with Gasteiger partial charge in [0, 0.05) is 6.54 Å². The van der Waals surface area contributed by atoms with Crippen LogP contribution in [0.3, 0.4) is 0 Å². The summed E-state index contributed by atoms with van der Waals surface area (Å²) in [5.74, 6) is 3.21. The number of nitrogens with one attached hydrogen (secondary N) is 1. The summed E-state index contributed by atoms with van der Waals surface area (Å²) in [6, 6.07) is 0.0713. The summed E-state index contributed by atoms with van der Waals surface area (Å²) in [5.41, 5.74) is 0. The van der Waals surface area contributed by atoms with Crippen LogP contribution in [0.4, 0.5) is 0 Å². The number of nitrogens with zero attached hydrogens (tertiary/aromatic N) is 1. The Morgan fingerprint density at radius 1 is 1.14 bits per heavy atom. The minimum Gasteiger partial charge on any atom is -0.325 e. The molecule has 3 atom stereocenters. The van der Waals surface area contributed by atoms with Crippen LogP contribution in [0.15, 0.2) is 0 Å². The van der Waals surface area contributed by atoms with Crippen molar-refractivity contribution < 1.29 is 4.79 Å². The molecule has 3 heteroatoms. The Balaban J connectivity index is 1.69. The zero-order valence-electron chi connectivity index (χ0n) is 14.0. The van der Waals surface area contributed by atoms with Gasteiger partial charge in [-0.3, -0.25) is 10.1 Å². The van der Waals surface area contributed by atoms with Crippen molar-refractivity contribution in [1.29, 1.82) is 0 Å². The van der Waals surface area contributed by atoms with E-state index in [9.17, 15) is 4.79 Å². The molecule has 120 valence electrons. The molecule has 1 heterocycles. The normalized spacial score (nSPS) is 32.4. The molecule has 0 aromatic carbocycles. The molecule has 2 aliphatic carbocycles. The summed E-state index contributed by atoms with van der Waals surface area (Å²) in [5, 5.41) is 3.71. The summed E-state index contributed by atoms with van der Waals surface area (Å²) in [7, 11) is 0. The van der Waals surface area contributed by atoms with Crippen LogP contribution in [-0.2, 0) is 4.79 Å². The predicted octanol–water partition coefficient (Wildman–Crippen LogP) is 3.40. The van der Waals surface area contributed by atoms with E-state index >= 15 is 0 Å². The van der Waals surface area contributed by atoms with E-state index in [1.165, 1.54) is 38.5 Å². The average molecular weight is 292 g/mol. The number of carbonyl (C=O) groups is 1. The lowest BCUT2D eigenvalue weighted by Gasteiger charge is -2.31. The second-order valence-corrected chi connectivity index (χ2v) is 8.14. The van der Waals surface area contributed by atoms with E-state index in [1.807, 2.05) is 0 Å². The Labute approximate surface area is 129 Å². The van der Waals surface area contributed by atoms with Crippen molar-refractivity contribution in [3.8, 4) is 0 Å². The first-order chi connectivity index (χ1) is 10.1. The average Bonchev–Trinajstić information content (AvgIpc) is 3.08. The summed E-state index contributed by atoms with van der Waals surface area (Å²) in [6.45, 7) is 7.75. The fraction of sp³-hybridized carbons (Fsp3) is 0.944. The van der Waals surface area contributed by atoms with Gasteiger partial charge in [-0.1, -0.05) is 33.6 Å². The maximum absolute atomic E-state index is 12.9. The summed E-state index contributed by atoms with van der Waals surface area (Å²) < 4.78 is 0. The first-order valence-electron chi connectivity index (χ1n) is 9.12. The summed E-state index contributed by atoms with van der Waals surface area (Å²) >= 11 is 0. The van der Waals surface area contributed by atoms with Crippen molar-refractivity contribution in [1.82, 2.24) is 10.2 Å². The van der Waals surface area contributed by atoms with E-state index in [1.54, 1.807) is 0 Å². The van der Waals surface area contributed by atoms with Gasteiger partial charge in [0.25, 0.3) is 0 Å². The number of rotatable bonds is 6. The molecular weight excluding hydrogens is 260 g/mol. The minimum atomic E-state index is 0.0713.